The van der Waals surface area contributed by atoms with Gasteiger partial charge in [-0.25, -0.2) is 14.5 Å². The van der Waals surface area contributed by atoms with Gasteiger partial charge in [0.05, 0.1) is 28.7 Å². The van der Waals surface area contributed by atoms with Crippen molar-refractivity contribution < 1.29 is 9.90 Å². The van der Waals surface area contributed by atoms with Crippen LogP contribution < -0.4 is 0 Å². The van der Waals surface area contributed by atoms with Crippen LogP contribution in [0.1, 0.15) is 34.7 Å². The number of fused-ring (bicyclic) bond motifs is 1. The van der Waals surface area contributed by atoms with Crippen LogP contribution in [-0.4, -0.2) is 40.6 Å². The van der Waals surface area contributed by atoms with Crippen molar-refractivity contribution in [2.24, 2.45) is 7.05 Å². The number of aryl methyl sites for hydroxylation is 2. The van der Waals surface area contributed by atoms with Crippen LogP contribution in [0.15, 0.2) is 67.1 Å². The summed E-state index contributed by atoms with van der Waals surface area (Å²) in [5.41, 5.74) is 6.25. The molecule has 0 spiro atoms. The van der Waals surface area contributed by atoms with E-state index in [1.54, 1.807) is 29.1 Å². The summed E-state index contributed by atoms with van der Waals surface area (Å²) in [6.45, 7) is 3.99. The van der Waals surface area contributed by atoms with E-state index in [1.165, 1.54) is 0 Å². The van der Waals surface area contributed by atoms with Crippen LogP contribution >= 0.6 is 0 Å². The van der Waals surface area contributed by atoms with Crippen LogP contribution in [0.5, 0.6) is 0 Å². The first kappa shape index (κ1) is 20.6. The lowest BCUT2D eigenvalue weighted by molar-refractivity contribution is 0.0697. The molecule has 8 heteroatoms. The Bertz CT molecular complexity index is 1470. The third-order valence-corrected chi connectivity index (χ3v) is 5.89. The number of aromatic carboxylic acids is 1. The van der Waals surface area contributed by atoms with Crippen molar-refractivity contribution in [2.45, 2.75) is 19.9 Å². The molecular formula is C25H22N6O2. The molecule has 0 aliphatic rings. The molecule has 0 saturated heterocycles. The molecule has 0 aliphatic heterocycles. The Morgan fingerprint density at radius 1 is 1.06 bits per heavy atom. The predicted molar refractivity (Wildman–Crippen MR) is 125 cm³/mol. The molecule has 164 valence electrons. The zero-order valence-corrected chi connectivity index (χ0v) is 18.5. The molecule has 5 aromatic rings. The number of carbonyl (C=O) groups is 1. The van der Waals surface area contributed by atoms with Gasteiger partial charge in [-0.05, 0) is 49.7 Å². The fourth-order valence-corrected chi connectivity index (χ4v) is 4.23. The predicted octanol–water partition coefficient (Wildman–Crippen LogP) is 4.51. The SMILES string of the molecule is Cc1nnn(C)c1-c1cnc2c(c1)c(-c1cccc(C(=O)O)c1)cn2[C@@H](C)c1ccccn1. The largest absolute Gasteiger partial charge is 0.478 e. The topological polar surface area (TPSA) is 98.7 Å². The highest BCUT2D eigenvalue weighted by atomic mass is 16.4. The van der Waals surface area contributed by atoms with Crippen LogP contribution in [0.2, 0.25) is 0 Å². The van der Waals surface area contributed by atoms with E-state index in [1.807, 2.05) is 50.6 Å². The van der Waals surface area contributed by atoms with Crippen molar-refractivity contribution in [3.63, 3.8) is 0 Å². The molecule has 8 nitrogen and oxygen atoms in total. The van der Waals surface area contributed by atoms with E-state index >= 15 is 0 Å². The number of nitrogens with zero attached hydrogens (tertiary/aromatic N) is 6. The van der Waals surface area contributed by atoms with Crippen molar-refractivity contribution >= 4 is 17.0 Å². The fraction of sp³-hybridized carbons (Fsp3) is 0.160. The second-order valence-electron chi connectivity index (χ2n) is 8.01. The van der Waals surface area contributed by atoms with Gasteiger partial charge in [-0.1, -0.05) is 23.4 Å². The molecule has 0 amide bonds. The minimum Gasteiger partial charge on any atom is -0.478 e. The van der Waals surface area contributed by atoms with E-state index < -0.39 is 5.97 Å². The number of carboxylic acids is 1. The highest BCUT2D eigenvalue weighted by molar-refractivity contribution is 5.98. The smallest absolute Gasteiger partial charge is 0.335 e. The number of aromatic nitrogens is 6. The summed E-state index contributed by atoms with van der Waals surface area (Å²) in [4.78, 5) is 20.9. The summed E-state index contributed by atoms with van der Waals surface area (Å²) in [5, 5.41) is 18.7. The van der Waals surface area contributed by atoms with Gasteiger partial charge in [0.25, 0.3) is 0 Å². The first-order chi connectivity index (χ1) is 15.9. The molecule has 0 radical (unpaired) electrons. The maximum Gasteiger partial charge on any atom is 0.335 e. The Hall–Kier alpha value is -4.33. The summed E-state index contributed by atoms with van der Waals surface area (Å²) in [7, 11) is 1.85. The third kappa shape index (κ3) is 3.55. The van der Waals surface area contributed by atoms with Crippen molar-refractivity contribution in [2.75, 3.05) is 0 Å². The van der Waals surface area contributed by atoms with Gasteiger partial charge in [-0.3, -0.25) is 4.98 Å². The van der Waals surface area contributed by atoms with Crippen molar-refractivity contribution in [1.82, 2.24) is 29.5 Å². The molecule has 0 bridgehead atoms. The first-order valence-electron chi connectivity index (χ1n) is 10.6. The van der Waals surface area contributed by atoms with Crippen molar-refractivity contribution in [3.8, 4) is 22.4 Å². The van der Waals surface area contributed by atoms with E-state index in [0.717, 1.165) is 44.8 Å². The second-order valence-corrected chi connectivity index (χ2v) is 8.01. The van der Waals surface area contributed by atoms with Gasteiger partial charge in [-0.2, -0.15) is 0 Å². The molecule has 0 saturated carbocycles. The van der Waals surface area contributed by atoms with Crippen LogP contribution in [0.25, 0.3) is 33.4 Å². The monoisotopic (exact) mass is 438 g/mol. The standard InChI is InChI=1S/C25H22N6O2/c1-15-23(30(3)29-28-15)19-12-20-21(17-7-6-8-18(11-17)25(32)33)14-31(24(20)27-13-19)16(2)22-9-4-5-10-26-22/h4-14,16H,1-3H3,(H,32,33)/t16-/m0/s1. The number of hydrogen-bond donors (Lipinski definition) is 1. The summed E-state index contributed by atoms with van der Waals surface area (Å²) in [6, 6.07) is 14.8. The molecule has 33 heavy (non-hydrogen) atoms. The third-order valence-electron chi connectivity index (χ3n) is 5.89. The molecule has 1 aromatic carbocycles. The van der Waals surface area contributed by atoms with Gasteiger partial charge < -0.3 is 9.67 Å². The number of benzene rings is 1. The summed E-state index contributed by atoms with van der Waals surface area (Å²) >= 11 is 0. The molecule has 4 heterocycles. The van der Waals surface area contributed by atoms with Crippen LogP contribution in [0.4, 0.5) is 0 Å². The second kappa shape index (κ2) is 7.98. The van der Waals surface area contributed by atoms with E-state index in [0.29, 0.717) is 0 Å². The molecule has 0 unspecified atom stereocenters. The zero-order valence-electron chi connectivity index (χ0n) is 18.5. The molecule has 0 fully saturated rings. The number of hydrogen-bond acceptors (Lipinski definition) is 5. The molecular weight excluding hydrogens is 416 g/mol. The Kier molecular flexibility index (Phi) is 4.97. The lowest BCUT2D eigenvalue weighted by atomic mass is 10.0. The van der Waals surface area contributed by atoms with Crippen molar-refractivity contribution in [1.29, 1.82) is 0 Å². The fourth-order valence-electron chi connectivity index (χ4n) is 4.23. The number of carboxylic acid groups (broad SMARTS) is 1. The van der Waals surface area contributed by atoms with Crippen LogP contribution in [-0.2, 0) is 7.05 Å². The van der Waals surface area contributed by atoms with Gasteiger partial charge in [0.1, 0.15) is 5.65 Å². The summed E-state index contributed by atoms with van der Waals surface area (Å²) in [5.74, 6) is -0.960. The average Bonchev–Trinajstić information content (AvgIpc) is 3.38. The lowest BCUT2D eigenvalue weighted by Crippen LogP contribution is -2.07. The maximum atomic E-state index is 11.6. The van der Waals surface area contributed by atoms with E-state index in [9.17, 15) is 9.90 Å². The van der Waals surface area contributed by atoms with Gasteiger partial charge in [0.2, 0.25) is 0 Å². The summed E-state index contributed by atoms with van der Waals surface area (Å²) < 4.78 is 3.81. The first-order valence-corrected chi connectivity index (χ1v) is 10.6. The van der Waals surface area contributed by atoms with Gasteiger partial charge in [-0.15, -0.1) is 5.10 Å². The molecule has 4 aromatic heterocycles. The number of pyridine rings is 2. The number of rotatable bonds is 5. The van der Waals surface area contributed by atoms with E-state index in [4.69, 9.17) is 4.98 Å². The Labute approximate surface area is 190 Å². The van der Waals surface area contributed by atoms with Crippen molar-refractivity contribution in [3.05, 3.63) is 84.1 Å². The molecule has 5 rings (SSSR count). The normalized spacial score (nSPS) is 12.2. The quantitative estimate of drug-likeness (QED) is 0.433. The Morgan fingerprint density at radius 3 is 2.61 bits per heavy atom. The molecule has 0 aliphatic carbocycles. The van der Waals surface area contributed by atoms with Crippen LogP contribution in [0.3, 0.4) is 0 Å². The minimum atomic E-state index is -0.960. The van der Waals surface area contributed by atoms with E-state index in [-0.39, 0.29) is 11.6 Å². The highest BCUT2D eigenvalue weighted by Gasteiger charge is 2.20. The Morgan fingerprint density at radius 2 is 1.91 bits per heavy atom. The lowest BCUT2D eigenvalue weighted by Gasteiger charge is -2.14. The Balaban J connectivity index is 1.76. The van der Waals surface area contributed by atoms with E-state index in [2.05, 4.69) is 32.9 Å². The minimum absolute atomic E-state index is 0.0661. The molecule has 1 N–H and O–H groups in total. The van der Waals surface area contributed by atoms with Crippen LogP contribution in [0, 0.1) is 6.92 Å². The summed E-state index contributed by atoms with van der Waals surface area (Å²) in [6.07, 6.45) is 5.63. The highest BCUT2D eigenvalue weighted by Crippen LogP contribution is 2.35. The van der Waals surface area contributed by atoms with Gasteiger partial charge in [0.15, 0.2) is 0 Å². The molecule has 1 atom stereocenters. The zero-order chi connectivity index (χ0) is 23.1. The maximum absolute atomic E-state index is 11.6. The average molecular weight is 438 g/mol. The van der Waals surface area contributed by atoms with Gasteiger partial charge in [0, 0.05) is 42.2 Å². The van der Waals surface area contributed by atoms with Gasteiger partial charge >= 0.3 is 5.97 Å².